The molecule has 0 saturated carbocycles. The molecule has 1 aliphatic rings. The summed E-state index contributed by atoms with van der Waals surface area (Å²) in [4.78, 5) is 15.8. The van der Waals surface area contributed by atoms with Crippen molar-refractivity contribution in [2.45, 2.75) is 5.25 Å². The third-order valence-corrected chi connectivity index (χ3v) is 4.31. The van der Waals surface area contributed by atoms with Gasteiger partial charge in [0, 0.05) is 11.8 Å². The maximum atomic E-state index is 11.9. The number of nitrogens with zero attached hydrogens (tertiary/aromatic N) is 1. The normalized spacial score (nSPS) is 22.9. The average molecular weight is 237 g/mol. The van der Waals surface area contributed by atoms with Crippen LogP contribution in [0.5, 0.6) is 0 Å². The van der Waals surface area contributed by atoms with E-state index in [4.69, 9.17) is 0 Å². The zero-order valence-corrected chi connectivity index (χ0v) is 9.35. The van der Waals surface area contributed by atoms with E-state index >= 15 is 0 Å². The van der Waals surface area contributed by atoms with Crippen LogP contribution in [0.25, 0.3) is 0 Å². The van der Waals surface area contributed by atoms with Crippen molar-refractivity contribution < 1.29 is 13.2 Å². The fourth-order valence-corrected chi connectivity index (χ4v) is 2.91. The third-order valence-electron chi connectivity index (χ3n) is 2.45. The van der Waals surface area contributed by atoms with Gasteiger partial charge in [-0.05, 0) is 0 Å². The first kappa shape index (κ1) is 11.0. The van der Waals surface area contributed by atoms with Gasteiger partial charge in [-0.2, -0.15) is 0 Å². The van der Waals surface area contributed by atoms with Crippen LogP contribution in [0.4, 0.5) is 0 Å². The lowest BCUT2D eigenvalue weighted by Gasteiger charge is -2.15. The van der Waals surface area contributed by atoms with Crippen LogP contribution in [-0.4, -0.2) is 38.0 Å². The summed E-state index contributed by atoms with van der Waals surface area (Å²) in [5.41, 5.74) is 0.407. The van der Waals surface area contributed by atoms with Crippen molar-refractivity contribution in [3.8, 4) is 0 Å². The van der Waals surface area contributed by atoms with Crippen molar-refractivity contribution in [3.63, 3.8) is 0 Å². The van der Waals surface area contributed by atoms with E-state index in [1.54, 1.807) is 30.3 Å². The summed E-state index contributed by atoms with van der Waals surface area (Å²) in [5.74, 6) is -0.448. The number of rotatable bonds is 2. The number of carbonyl (C=O) groups excluding carboxylic acids is 1. The van der Waals surface area contributed by atoms with Crippen molar-refractivity contribution in [2.24, 2.45) is 4.99 Å². The van der Waals surface area contributed by atoms with Crippen LogP contribution < -0.4 is 0 Å². The molecule has 0 spiro atoms. The number of hydrogen-bond donors (Lipinski definition) is 0. The Morgan fingerprint density at radius 3 is 2.56 bits per heavy atom. The van der Waals surface area contributed by atoms with Gasteiger partial charge in [0.15, 0.2) is 20.9 Å². The molecule has 1 aromatic carbocycles. The van der Waals surface area contributed by atoms with E-state index in [0.717, 1.165) is 0 Å². The molecule has 0 radical (unpaired) electrons. The standard InChI is InChI=1S/C11H11NO3S/c13-11(9-4-2-1-3-5-9)10-8-12-6-7-16(10,14)15/h1-5,8,10H,6-7H2. The molecule has 0 N–H and O–H groups in total. The number of sulfone groups is 1. The third kappa shape index (κ3) is 2.04. The van der Waals surface area contributed by atoms with Gasteiger partial charge in [0.05, 0.1) is 12.3 Å². The summed E-state index contributed by atoms with van der Waals surface area (Å²) in [6, 6.07) is 8.42. The van der Waals surface area contributed by atoms with Gasteiger partial charge in [-0.1, -0.05) is 30.3 Å². The van der Waals surface area contributed by atoms with E-state index in [0.29, 0.717) is 5.56 Å². The van der Waals surface area contributed by atoms with Crippen LogP contribution in [0.3, 0.4) is 0 Å². The second-order valence-corrected chi connectivity index (χ2v) is 5.81. The minimum atomic E-state index is -3.37. The molecule has 4 nitrogen and oxygen atoms in total. The summed E-state index contributed by atoms with van der Waals surface area (Å²) < 4.78 is 23.4. The highest BCUT2D eigenvalue weighted by atomic mass is 32.2. The average Bonchev–Trinajstić information content (AvgIpc) is 2.29. The SMILES string of the molecule is O=C(c1ccccc1)C1C=NCCS1(=O)=O. The zero-order valence-electron chi connectivity index (χ0n) is 8.54. The number of hydrogen-bond acceptors (Lipinski definition) is 4. The van der Waals surface area contributed by atoms with Gasteiger partial charge in [-0.3, -0.25) is 9.79 Å². The van der Waals surface area contributed by atoms with E-state index in [1.807, 2.05) is 0 Å². The summed E-state index contributed by atoms with van der Waals surface area (Å²) >= 11 is 0. The minimum Gasteiger partial charge on any atom is -0.295 e. The lowest BCUT2D eigenvalue weighted by molar-refractivity contribution is 0.100. The Bertz CT molecular complexity index is 519. The zero-order chi connectivity index (χ0) is 11.6. The largest absolute Gasteiger partial charge is 0.295 e. The minimum absolute atomic E-state index is 0.0489. The summed E-state index contributed by atoms with van der Waals surface area (Å²) in [7, 11) is -3.37. The fourth-order valence-electron chi connectivity index (χ4n) is 1.57. The second kappa shape index (κ2) is 4.17. The molecule has 0 aromatic heterocycles. The van der Waals surface area contributed by atoms with Gasteiger partial charge in [-0.25, -0.2) is 8.42 Å². The van der Waals surface area contributed by atoms with E-state index in [-0.39, 0.29) is 12.3 Å². The van der Waals surface area contributed by atoms with E-state index in [2.05, 4.69) is 4.99 Å². The molecular weight excluding hydrogens is 226 g/mol. The van der Waals surface area contributed by atoms with Crippen molar-refractivity contribution in [1.82, 2.24) is 0 Å². The highest BCUT2D eigenvalue weighted by Gasteiger charge is 2.33. The number of ketones is 1. The Balaban J connectivity index is 2.36. The van der Waals surface area contributed by atoms with Crippen molar-refractivity contribution in [3.05, 3.63) is 35.9 Å². The van der Waals surface area contributed by atoms with Gasteiger partial charge in [0.1, 0.15) is 0 Å². The molecule has 0 aliphatic carbocycles. The molecule has 2 rings (SSSR count). The highest BCUT2D eigenvalue weighted by Crippen LogP contribution is 2.12. The Morgan fingerprint density at radius 1 is 1.25 bits per heavy atom. The number of aliphatic imine (C=N–C) groups is 1. The van der Waals surface area contributed by atoms with Gasteiger partial charge in [0.2, 0.25) is 0 Å². The molecule has 1 aromatic rings. The first-order valence-corrected chi connectivity index (χ1v) is 6.63. The maximum Gasteiger partial charge on any atom is 0.186 e. The van der Waals surface area contributed by atoms with Crippen LogP contribution in [0.1, 0.15) is 10.4 Å². The van der Waals surface area contributed by atoms with Gasteiger partial charge >= 0.3 is 0 Å². The van der Waals surface area contributed by atoms with Crippen LogP contribution in [-0.2, 0) is 9.84 Å². The summed E-state index contributed by atoms with van der Waals surface area (Å²) in [6.45, 7) is 0.251. The van der Waals surface area contributed by atoms with E-state index in [1.165, 1.54) is 6.21 Å². The molecule has 16 heavy (non-hydrogen) atoms. The van der Waals surface area contributed by atoms with Crippen LogP contribution in [0, 0.1) is 0 Å². The molecule has 0 saturated heterocycles. The van der Waals surface area contributed by atoms with Crippen molar-refractivity contribution in [2.75, 3.05) is 12.3 Å². The van der Waals surface area contributed by atoms with Gasteiger partial charge < -0.3 is 0 Å². The second-order valence-electron chi connectivity index (χ2n) is 3.57. The Morgan fingerprint density at radius 2 is 1.94 bits per heavy atom. The molecule has 0 fully saturated rings. The van der Waals surface area contributed by atoms with Gasteiger partial charge in [-0.15, -0.1) is 0 Å². The number of benzene rings is 1. The molecule has 0 bridgehead atoms. The fraction of sp³-hybridized carbons (Fsp3) is 0.273. The van der Waals surface area contributed by atoms with Crippen LogP contribution in [0.2, 0.25) is 0 Å². The molecule has 84 valence electrons. The first-order valence-electron chi connectivity index (χ1n) is 4.92. The summed E-state index contributed by atoms with van der Waals surface area (Å²) in [6.07, 6.45) is 1.24. The molecule has 5 heteroatoms. The van der Waals surface area contributed by atoms with Crippen LogP contribution in [0.15, 0.2) is 35.3 Å². The molecule has 1 unspecified atom stereocenters. The predicted octanol–water partition coefficient (Wildman–Crippen LogP) is 0.737. The van der Waals surface area contributed by atoms with E-state index in [9.17, 15) is 13.2 Å². The smallest absolute Gasteiger partial charge is 0.186 e. The Hall–Kier alpha value is -1.49. The monoisotopic (exact) mass is 237 g/mol. The van der Waals surface area contributed by atoms with Gasteiger partial charge in [0.25, 0.3) is 0 Å². The lowest BCUT2D eigenvalue weighted by atomic mass is 10.1. The Kier molecular flexibility index (Phi) is 2.87. The van der Waals surface area contributed by atoms with E-state index < -0.39 is 20.9 Å². The van der Waals surface area contributed by atoms with Crippen molar-refractivity contribution >= 4 is 21.8 Å². The maximum absolute atomic E-state index is 11.9. The molecule has 1 atom stereocenters. The van der Waals surface area contributed by atoms with Crippen LogP contribution >= 0.6 is 0 Å². The molecule has 0 amide bonds. The topological polar surface area (TPSA) is 63.6 Å². The molecule has 1 heterocycles. The quantitative estimate of drug-likeness (QED) is 0.712. The first-order chi connectivity index (χ1) is 7.61. The molecular formula is C11H11NO3S. The number of Topliss-reactive ketones (excluding diaryl/α,β-unsaturated/α-hetero) is 1. The lowest BCUT2D eigenvalue weighted by Crippen LogP contribution is -2.37. The summed E-state index contributed by atoms with van der Waals surface area (Å²) in [5, 5.41) is -1.11. The number of carbonyl (C=O) groups is 1. The highest BCUT2D eigenvalue weighted by molar-refractivity contribution is 7.93. The Labute approximate surface area is 93.9 Å². The van der Waals surface area contributed by atoms with Crippen molar-refractivity contribution in [1.29, 1.82) is 0 Å². The predicted molar refractivity (Wildman–Crippen MR) is 61.7 cm³/mol. The molecule has 1 aliphatic heterocycles.